The van der Waals surface area contributed by atoms with E-state index >= 15 is 0 Å². The lowest BCUT2D eigenvalue weighted by Crippen LogP contribution is -2.58. The zero-order valence-corrected chi connectivity index (χ0v) is 23.0. The van der Waals surface area contributed by atoms with Crippen molar-refractivity contribution in [1.29, 1.82) is 0 Å². The largest absolute Gasteiger partial charge is 0.508 e. The zero-order valence-electron chi connectivity index (χ0n) is 23.0. The molecular weight excluding hydrogens is 514 g/mol. The van der Waals surface area contributed by atoms with E-state index < -0.39 is 47.9 Å². The van der Waals surface area contributed by atoms with Crippen molar-refractivity contribution >= 4 is 23.7 Å². The molecule has 4 unspecified atom stereocenters. The van der Waals surface area contributed by atoms with Crippen LogP contribution in [0.2, 0.25) is 0 Å². The number of phenols is 1. The maximum Gasteiger partial charge on any atom is 0.326 e. The number of rotatable bonds is 16. The molecule has 0 spiro atoms. The Bertz CT molecular complexity index is 1110. The number of hydrogen-bond donors (Lipinski definition) is 7. The van der Waals surface area contributed by atoms with Gasteiger partial charge in [-0.25, -0.2) is 4.79 Å². The molecule has 0 heterocycles. The van der Waals surface area contributed by atoms with E-state index in [1.807, 2.05) is 30.3 Å². The van der Waals surface area contributed by atoms with Crippen LogP contribution in [-0.4, -0.2) is 64.6 Å². The molecule has 11 nitrogen and oxygen atoms in total. The minimum Gasteiger partial charge on any atom is -0.508 e. The average Bonchev–Trinajstić information content (AvgIpc) is 2.92. The number of carboxylic acids is 1. The lowest BCUT2D eigenvalue weighted by atomic mass is 10.00. The molecule has 0 saturated heterocycles. The highest BCUT2D eigenvalue weighted by molar-refractivity contribution is 5.94. The molecule has 40 heavy (non-hydrogen) atoms. The van der Waals surface area contributed by atoms with Gasteiger partial charge in [0.2, 0.25) is 17.7 Å². The third kappa shape index (κ3) is 10.7. The van der Waals surface area contributed by atoms with E-state index in [9.17, 15) is 29.4 Å². The van der Waals surface area contributed by atoms with Gasteiger partial charge in [0, 0.05) is 6.42 Å². The number of aromatic hydroxyl groups is 1. The summed E-state index contributed by atoms with van der Waals surface area (Å²) in [6.45, 7) is 3.91. The zero-order chi connectivity index (χ0) is 29.7. The van der Waals surface area contributed by atoms with Crippen molar-refractivity contribution in [3.8, 4) is 5.75 Å². The number of nitrogens with two attached hydrogens (primary N) is 2. The number of hydrogen-bond acceptors (Lipinski definition) is 7. The van der Waals surface area contributed by atoms with Gasteiger partial charge >= 0.3 is 5.97 Å². The quantitative estimate of drug-likeness (QED) is 0.148. The van der Waals surface area contributed by atoms with Crippen LogP contribution in [-0.2, 0) is 32.0 Å². The molecule has 0 aliphatic heterocycles. The van der Waals surface area contributed by atoms with E-state index in [0.717, 1.165) is 5.56 Å². The Morgan fingerprint density at radius 1 is 0.775 bits per heavy atom. The fourth-order valence-corrected chi connectivity index (χ4v) is 4.12. The normalized spacial score (nSPS) is 14.0. The summed E-state index contributed by atoms with van der Waals surface area (Å²) in [6.07, 6.45) is 1.63. The van der Waals surface area contributed by atoms with E-state index in [0.29, 0.717) is 31.4 Å². The predicted molar refractivity (Wildman–Crippen MR) is 151 cm³/mol. The van der Waals surface area contributed by atoms with Crippen LogP contribution in [0.4, 0.5) is 0 Å². The molecule has 0 aliphatic rings. The highest BCUT2D eigenvalue weighted by Crippen LogP contribution is 2.12. The highest BCUT2D eigenvalue weighted by atomic mass is 16.4. The summed E-state index contributed by atoms with van der Waals surface area (Å²) >= 11 is 0. The minimum atomic E-state index is -1.26. The summed E-state index contributed by atoms with van der Waals surface area (Å²) in [5.41, 5.74) is 13.2. The van der Waals surface area contributed by atoms with E-state index in [2.05, 4.69) is 16.0 Å². The van der Waals surface area contributed by atoms with E-state index in [4.69, 9.17) is 11.5 Å². The van der Waals surface area contributed by atoms with Gasteiger partial charge in [-0.3, -0.25) is 14.4 Å². The molecule has 2 rings (SSSR count). The molecule has 2 aromatic carbocycles. The van der Waals surface area contributed by atoms with Crippen molar-refractivity contribution in [3.05, 3.63) is 65.7 Å². The molecular formula is C29H41N5O6. The Morgan fingerprint density at radius 3 is 1.95 bits per heavy atom. The van der Waals surface area contributed by atoms with Crippen LogP contribution < -0.4 is 27.4 Å². The Balaban J connectivity index is 2.11. The van der Waals surface area contributed by atoms with Crippen molar-refractivity contribution in [2.24, 2.45) is 17.4 Å². The maximum atomic E-state index is 13.3. The predicted octanol–water partition coefficient (Wildman–Crippen LogP) is 0.829. The van der Waals surface area contributed by atoms with Crippen molar-refractivity contribution in [3.63, 3.8) is 0 Å². The number of carbonyl (C=O) groups is 4. The van der Waals surface area contributed by atoms with Crippen LogP contribution in [0, 0.1) is 5.92 Å². The Hall–Kier alpha value is -3.96. The third-order valence-corrected chi connectivity index (χ3v) is 6.45. The monoisotopic (exact) mass is 555 g/mol. The van der Waals surface area contributed by atoms with Crippen molar-refractivity contribution in [2.75, 3.05) is 6.54 Å². The van der Waals surface area contributed by atoms with Crippen LogP contribution >= 0.6 is 0 Å². The first-order valence-corrected chi connectivity index (χ1v) is 13.4. The van der Waals surface area contributed by atoms with Gasteiger partial charge in [-0.05, 0) is 61.4 Å². The fraction of sp³-hybridized carbons (Fsp3) is 0.448. The summed E-state index contributed by atoms with van der Waals surface area (Å²) in [5, 5.41) is 27.1. The lowest BCUT2D eigenvalue weighted by molar-refractivity contribution is -0.142. The fourth-order valence-electron chi connectivity index (χ4n) is 4.12. The second-order valence-corrected chi connectivity index (χ2v) is 10.1. The molecule has 0 fully saturated rings. The Labute approximate surface area is 234 Å². The molecule has 0 radical (unpaired) electrons. The van der Waals surface area contributed by atoms with E-state index in [-0.39, 0.29) is 24.5 Å². The standard InChI is InChI=1S/C29H41N5O6/c1-18(2)25(34-26(36)22(31)16-19-8-4-3-5-9-19)28(38)32-23(10-6-7-15-30)27(37)33-24(29(39)40)17-20-11-13-21(35)14-12-20/h3-5,8-9,11-14,18,22-25,35H,6-7,10,15-17,30-31H2,1-2H3,(H,32,38)(H,33,37)(H,34,36)(H,39,40). The first-order chi connectivity index (χ1) is 19.0. The number of carboxylic acid groups (broad SMARTS) is 1. The molecule has 0 bridgehead atoms. The number of amides is 3. The second-order valence-electron chi connectivity index (χ2n) is 10.1. The van der Waals surface area contributed by atoms with Gasteiger partial charge in [0.25, 0.3) is 0 Å². The minimum absolute atomic E-state index is 0.0190. The second kappa shape index (κ2) is 16.2. The molecule has 0 aliphatic carbocycles. The number of benzene rings is 2. The summed E-state index contributed by atoms with van der Waals surface area (Å²) in [6, 6.07) is 11.1. The van der Waals surface area contributed by atoms with Crippen LogP contribution in [0.25, 0.3) is 0 Å². The van der Waals surface area contributed by atoms with Gasteiger partial charge in [0.05, 0.1) is 6.04 Å². The number of unbranched alkanes of at least 4 members (excludes halogenated alkanes) is 1. The van der Waals surface area contributed by atoms with Gasteiger partial charge in [0.15, 0.2) is 0 Å². The molecule has 11 heteroatoms. The molecule has 2 aromatic rings. The van der Waals surface area contributed by atoms with Crippen LogP contribution in [0.3, 0.4) is 0 Å². The molecule has 0 aromatic heterocycles. The topological polar surface area (TPSA) is 197 Å². The summed E-state index contributed by atoms with van der Waals surface area (Å²) < 4.78 is 0. The van der Waals surface area contributed by atoms with Gasteiger partial charge in [-0.2, -0.15) is 0 Å². The Morgan fingerprint density at radius 2 is 1.38 bits per heavy atom. The van der Waals surface area contributed by atoms with Gasteiger partial charge in [0.1, 0.15) is 23.9 Å². The smallest absolute Gasteiger partial charge is 0.326 e. The summed E-state index contributed by atoms with van der Waals surface area (Å²) in [4.78, 5) is 51.2. The summed E-state index contributed by atoms with van der Waals surface area (Å²) in [5.74, 6) is -3.26. The molecule has 3 amide bonds. The van der Waals surface area contributed by atoms with Crippen LogP contribution in [0.1, 0.15) is 44.2 Å². The highest BCUT2D eigenvalue weighted by Gasteiger charge is 2.31. The SMILES string of the molecule is CC(C)C(NC(=O)C(N)Cc1ccccc1)C(=O)NC(CCCCN)C(=O)NC(Cc1ccc(O)cc1)C(=O)O. The number of phenolic OH excluding ortho intramolecular Hbond substituents is 1. The van der Waals surface area contributed by atoms with Crippen molar-refractivity contribution < 1.29 is 29.4 Å². The van der Waals surface area contributed by atoms with E-state index in [1.165, 1.54) is 12.1 Å². The molecule has 0 saturated carbocycles. The Kier molecular flexibility index (Phi) is 13.1. The van der Waals surface area contributed by atoms with Crippen LogP contribution in [0.15, 0.2) is 54.6 Å². The van der Waals surface area contributed by atoms with Gasteiger partial charge < -0.3 is 37.6 Å². The van der Waals surface area contributed by atoms with Crippen molar-refractivity contribution in [1.82, 2.24) is 16.0 Å². The van der Waals surface area contributed by atoms with Crippen LogP contribution in [0.5, 0.6) is 5.75 Å². The average molecular weight is 556 g/mol. The van der Waals surface area contributed by atoms with Gasteiger partial charge in [-0.1, -0.05) is 56.3 Å². The third-order valence-electron chi connectivity index (χ3n) is 6.45. The van der Waals surface area contributed by atoms with Crippen molar-refractivity contribution in [2.45, 2.75) is 70.1 Å². The first kappa shape index (κ1) is 32.3. The maximum absolute atomic E-state index is 13.3. The molecule has 218 valence electrons. The van der Waals surface area contributed by atoms with E-state index in [1.54, 1.807) is 26.0 Å². The number of carbonyl (C=O) groups excluding carboxylic acids is 3. The molecule has 4 atom stereocenters. The number of nitrogens with one attached hydrogen (secondary N) is 3. The molecule has 9 N–H and O–H groups in total. The number of aliphatic carboxylic acids is 1. The van der Waals surface area contributed by atoms with Gasteiger partial charge in [-0.15, -0.1) is 0 Å². The first-order valence-electron chi connectivity index (χ1n) is 13.4. The summed E-state index contributed by atoms with van der Waals surface area (Å²) in [7, 11) is 0. The lowest BCUT2D eigenvalue weighted by Gasteiger charge is -2.27.